The number of rotatable bonds is 7. The molecule has 4 aliphatic rings. The summed E-state index contributed by atoms with van der Waals surface area (Å²) in [6.45, 7) is 9.53. The second kappa shape index (κ2) is 10.1. The smallest absolute Gasteiger partial charge is 0.309 e. The minimum atomic E-state index is -1.35. The van der Waals surface area contributed by atoms with Gasteiger partial charge in [-0.15, -0.1) is 0 Å². The summed E-state index contributed by atoms with van der Waals surface area (Å²) in [5, 5.41) is 22.4. The quantitative estimate of drug-likeness (QED) is 0.314. The third kappa shape index (κ3) is 4.80. The van der Waals surface area contributed by atoms with Crippen LogP contribution in [0.4, 0.5) is 0 Å². The van der Waals surface area contributed by atoms with Crippen molar-refractivity contribution in [1.82, 2.24) is 0 Å². The van der Waals surface area contributed by atoms with Crippen LogP contribution in [0.5, 0.6) is 0 Å². The summed E-state index contributed by atoms with van der Waals surface area (Å²) in [4.78, 5) is 26.2. The van der Waals surface area contributed by atoms with Gasteiger partial charge in [-0.05, 0) is 46.0 Å². The second-order valence-electron chi connectivity index (χ2n) is 11.9. The van der Waals surface area contributed by atoms with Crippen molar-refractivity contribution in [3.05, 3.63) is 11.6 Å². The van der Waals surface area contributed by atoms with E-state index < -0.39 is 35.4 Å². The average molecular weight is 493 g/mol. The minimum Gasteiger partial charge on any atom is -0.458 e. The van der Waals surface area contributed by atoms with Gasteiger partial charge >= 0.3 is 11.9 Å². The van der Waals surface area contributed by atoms with E-state index in [1.807, 2.05) is 26.8 Å². The molecule has 35 heavy (non-hydrogen) atoms. The zero-order chi connectivity index (χ0) is 25.5. The fourth-order valence-electron chi connectivity index (χ4n) is 7.15. The van der Waals surface area contributed by atoms with Crippen molar-refractivity contribution < 1.29 is 34.0 Å². The van der Waals surface area contributed by atoms with Crippen LogP contribution < -0.4 is 0 Å². The number of carbonyl (C=O) groups is 2. The Hall–Kier alpha value is -1.44. The molecule has 4 rings (SSSR count). The van der Waals surface area contributed by atoms with E-state index in [2.05, 4.69) is 6.92 Å². The zero-order valence-corrected chi connectivity index (χ0v) is 22.0. The molecule has 2 N–H and O–H groups in total. The molecule has 3 heterocycles. The Morgan fingerprint density at radius 1 is 1.23 bits per heavy atom. The number of carbonyl (C=O) groups excluding carboxylic acids is 2. The predicted molar refractivity (Wildman–Crippen MR) is 130 cm³/mol. The van der Waals surface area contributed by atoms with Crippen LogP contribution in [0.25, 0.3) is 0 Å². The van der Waals surface area contributed by atoms with Crippen molar-refractivity contribution >= 4 is 11.9 Å². The van der Waals surface area contributed by atoms with Gasteiger partial charge < -0.3 is 24.4 Å². The molecule has 1 aliphatic carbocycles. The number of hydrogen-bond donors (Lipinski definition) is 2. The maximum atomic E-state index is 13.3. The predicted octanol–water partition coefficient (Wildman–Crippen LogP) is 4.08. The Morgan fingerprint density at radius 2 is 1.94 bits per heavy atom. The largest absolute Gasteiger partial charge is 0.458 e. The highest BCUT2D eigenvalue weighted by atomic mass is 16.6. The van der Waals surface area contributed by atoms with Gasteiger partial charge in [0.15, 0.2) is 5.60 Å². The van der Waals surface area contributed by atoms with Crippen molar-refractivity contribution in [3.63, 3.8) is 0 Å². The number of fused-ring (bicyclic) bond motifs is 2. The maximum Gasteiger partial charge on any atom is 0.309 e. The number of esters is 2. The van der Waals surface area contributed by atoms with E-state index in [-0.39, 0.29) is 35.8 Å². The van der Waals surface area contributed by atoms with Gasteiger partial charge in [0, 0.05) is 24.7 Å². The Balaban J connectivity index is 1.67. The molecule has 7 nitrogen and oxygen atoms in total. The topological polar surface area (TPSA) is 102 Å². The van der Waals surface area contributed by atoms with Crippen molar-refractivity contribution in [3.8, 4) is 0 Å². The molecule has 2 saturated heterocycles. The van der Waals surface area contributed by atoms with Crippen LogP contribution in [-0.2, 0) is 23.8 Å². The summed E-state index contributed by atoms with van der Waals surface area (Å²) in [6, 6.07) is 0. The highest BCUT2D eigenvalue weighted by Gasteiger charge is 2.69. The van der Waals surface area contributed by atoms with Crippen LogP contribution >= 0.6 is 0 Å². The summed E-state index contributed by atoms with van der Waals surface area (Å²) in [5.41, 5.74) is -1.46. The lowest BCUT2D eigenvalue weighted by Crippen LogP contribution is -2.61. The first-order chi connectivity index (χ1) is 16.5. The Kier molecular flexibility index (Phi) is 7.71. The Morgan fingerprint density at radius 3 is 2.66 bits per heavy atom. The molecule has 0 aromatic carbocycles. The zero-order valence-electron chi connectivity index (χ0n) is 22.0. The van der Waals surface area contributed by atoms with Crippen molar-refractivity contribution in [2.24, 2.45) is 23.7 Å². The first-order valence-corrected chi connectivity index (χ1v) is 13.6. The normalized spacial score (nSPS) is 46.4. The number of aliphatic hydroxyl groups excluding tert-OH is 1. The molecular formula is C28H44O7. The lowest BCUT2D eigenvalue weighted by molar-refractivity contribution is -0.207. The van der Waals surface area contributed by atoms with Gasteiger partial charge in [0.2, 0.25) is 0 Å². The van der Waals surface area contributed by atoms with Crippen LogP contribution in [0, 0.1) is 23.7 Å². The molecule has 3 unspecified atom stereocenters. The summed E-state index contributed by atoms with van der Waals surface area (Å²) in [6.07, 6.45) is 6.46. The van der Waals surface area contributed by atoms with Gasteiger partial charge in [0.25, 0.3) is 0 Å². The molecule has 198 valence electrons. The Bertz CT molecular complexity index is 835. The van der Waals surface area contributed by atoms with E-state index >= 15 is 0 Å². The van der Waals surface area contributed by atoms with Crippen molar-refractivity contribution in [2.75, 3.05) is 0 Å². The third-order valence-corrected chi connectivity index (χ3v) is 9.33. The molecule has 2 bridgehead atoms. The SMILES string of the molecule is CCCCCCCC(=O)O[C@@H]1C/C=C(\C)C[C@@H]2O[C@H]3C4C2[C@@](C)(O)[C@H](O)C[C@H]4C(C)C(=O)O[C@@]13C. The molecule has 7 heteroatoms. The van der Waals surface area contributed by atoms with Crippen molar-refractivity contribution in [2.45, 2.75) is 128 Å². The van der Waals surface area contributed by atoms with Gasteiger partial charge in [-0.25, -0.2) is 0 Å². The van der Waals surface area contributed by atoms with Gasteiger partial charge in [-0.2, -0.15) is 0 Å². The average Bonchev–Trinajstić information content (AvgIpc) is 3.17. The van der Waals surface area contributed by atoms with E-state index in [0.29, 0.717) is 25.7 Å². The standard InChI is InChI=1S/C28H44O7/c1-6-7-8-9-10-11-22(30)34-21-13-12-16(2)14-19-24-23-18(15-20(29)27(24,4)32)17(3)26(31)35-28(21,5)25(23)33-19/h12,17-21,23-25,29,32H,6-11,13-15H2,1-5H3/b16-12+/t17?,18-,19-,20+,21+,23?,24?,25-,27-,28-/m0/s1. The number of hydrogen-bond acceptors (Lipinski definition) is 7. The van der Waals surface area contributed by atoms with E-state index in [4.69, 9.17) is 14.2 Å². The van der Waals surface area contributed by atoms with Gasteiger partial charge in [0.05, 0.1) is 23.7 Å². The maximum absolute atomic E-state index is 13.3. The fourth-order valence-corrected chi connectivity index (χ4v) is 7.15. The molecule has 0 spiro atoms. The molecule has 10 atom stereocenters. The van der Waals surface area contributed by atoms with Gasteiger partial charge in [0.1, 0.15) is 12.2 Å². The molecule has 0 aromatic heterocycles. The summed E-state index contributed by atoms with van der Waals surface area (Å²) >= 11 is 0. The van der Waals surface area contributed by atoms with Gasteiger partial charge in [-0.3, -0.25) is 9.59 Å². The number of ether oxygens (including phenoxy) is 3. The monoisotopic (exact) mass is 492 g/mol. The van der Waals surface area contributed by atoms with E-state index in [0.717, 1.165) is 37.7 Å². The van der Waals surface area contributed by atoms with E-state index in [1.54, 1.807) is 6.92 Å². The lowest BCUT2D eigenvalue weighted by Gasteiger charge is -2.49. The molecule has 0 aromatic rings. The van der Waals surface area contributed by atoms with Gasteiger partial charge in [-0.1, -0.05) is 51.2 Å². The van der Waals surface area contributed by atoms with Crippen LogP contribution in [0.15, 0.2) is 11.6 Å². The first-order valence-electron chi connectivity index (χ1n) is 13.6. The lowest BCUT2D eigenvalue weighted by atomic mass is 9.57. The summed E-state index contributed by atoms with van der Waals surface area (Å²) < 4.78 is 18.9. The molecule has 3 aliphatic heterocycles. The summed E-state index contributed by atoms with van der Waals surface area (Å²) in [5.74, 6) is -1.82. The summed E-state index contributed by atoms with van der Waals surface area (Å²) in [7, 11) is 0. The molecular weight excluding hydrogens is 448 g/mol. The highest BCUT2D eigenvalue weighted by molar-refractivity contribution is 5.74. The van der Waals surface area contributed by atoms with E-state index in [9.17, 15) is 19.8 Å². The van der Waals surface area contributed by atoms with Crippen LogP contribution in [0.2, 0.25) is 0 Å². The second-order valence-corrected chi connectivity index (χ2v) is 11.9. The fraction of sp³-hybridized carbons (Fsp3) is 0.857. The molecule has 0 radical (unpaired) electrons. The number of aliphatic hydroxyl groups is 2. The van der Waals surface area contributed by atoms with Crippen LogP contribution in [-0.4, -0.2) is 57.8 Å². The highest BCUT2D eigenvalue weighted by Crippen LogP contribution is 2.58. The minimum absolute atomic E-state index is 0.182. The molecule has 0 amide bonds. The first kappa shape index (κ1) is 26.6. The molecule has 3 fully saturated rings. The van der Waals surface area contributed by atoms with Crippen LogP contribution in [0.3, 0.4) is 0 Å². The number of unbranched alkanes of at least 4 members (excludes halogenated alkanes) is 4. The third-order valence-electron chi connectivity index (χ3n) is 9.33. The van der Waals surface area contributed by atoms with Crippen molar-refractivity contribution in [1.29, 1.82) is 0 Å². The molecule has 1 saturated carbocycles. The Labute approximate surface area is 209 Å². The van der Waals surface area contributed by atoms with Crippen LogP contribution in [0.1, 0.15) is 92.4 Å². The van der Waals surface area contributed by atoms with E-state index in [1.165, 1.54) is 0 Å².